The van der Waals surface area contributed by atoms with Gasteiger partial charge in [-0.2, -0.15) is 0 Å². The third kappa shape index (κ3) is 4.85. The summed E-state index contributed by atoms with van der Waals surface area (Å²) in [5.74, 6) is 0.830. The fraction of sp³-hybridized carbons (Fsp3) is 0.320. The second-order valence-corrected chi connectivity index (χ2v) is 8.93. The van der Waals surface area contributed by atoms with Crippen molar-refractivity contribution in [3.63, 3.8) is 0 Å². The molecule has 2 N–H and O–H groups in total. The van der Waals surface area contributed by atoms with E-state index in [0.717, 1.165) is 65.0 Å². The van der Waals surface area contributed by atoms with Crippen LogP contribution < -0.4 is 5.73 Å². The van der Waals surface area contributed by atoms with Crippen molar-refractivity contribution < 1.29 is 4.79 Å². The first-order chi connectivity index (χ1) is 15.0. The van der Waals surface area contributed by atoms with Gasteiger partial charge in [-0.1, -0.05) is 78.4 Å². The number of thiazole rings is 1. The molecule has 1 amide bonds. The standard InChI is InChI=1S/C25H28N4OS/c1-3-21(29-15-13-19(14-16-29)23(26)30)27-25-22(18-11-9-17(2)10-12-18)28-24(31-25)20-7-5-4-6-8-20/h4-12,19H,3,13-16H2,1-2H3,(H2,26,30). The maximum Gasteiger partial charge on any atom is 0.220 e. The minimum absolute atomic E-state index is 0.0226. The molecule has 1 saturated heterocycles. The van der Waals surface area contributed by atoms with Crippen LogP contribution in [-0.2, 0) is 4.79 Å². The van der Waals surface area contributed by atoms with Gasteiger partial charge in [-0.05, 0) is 19.8 Å². The molecule has 31 heavy (non-hydrogen) atoms. The molecule has 1 aliphatic rings. The van der Waals surface area contributed by atoms with Gasteiger partial charge in [-0.25, -0.2) is 9.98 Å². The van der Waals surface area contributed by atoms with E-state index in [4.69, 9.17) is 15.7 Å². The molecule has 3 aromatic rings. The molecule has 1 fully saturated rings. The second-order valence-electron chi connectivity index (χ2n) is 7.95. The van der Waals surface area contributed by atoms with E-state index in [9.17, 15) is 4.79 Å². The number of aryl methyl sites for hydroxylation is 1. The number of piperidine rings is 1. The molecule has 5 nitrogen and oxygen atoms in total. The highest BCUT2D eigenvalue weighted by molar-refractivity contribution is 7.19. The first-order valence-electron chi connectivity index (χ1n) is 10.8. The highest BCUT2D eigenvalue weighted by atomic mass is 32.1. The van der Waals surface area contributed by atoms with Crippen LogP contribution in [0.15, 0.2) is 59.6 Å². The minimum atomic E-state index is -0.189. The molecule has 1 aliphatic heterocycles. The Balaban J connectivity index is 1.70. The van der Waals surface area contributed by atoms with Crippen LogP contribution in [0.25, 0.3) is 21.8 Å². The molecule has 4 rings (SSSR count). The molecule has 0 unspecified atom stereocenters. The van der Waals surface area contributed by atoms with Crippen molar-refractivity contribution in [2.45, 2.75) is 33.1 Å². The summed E-state index contributed by atoms with van der Waals surface area (Å²) >= 11 is 1.63. The molecule has 0 aliphatic carbocycles. The number of likely N-dealkylation sites (tertiary alicyclic amines) is 1. The number of aliphatic imine (C=N–C) groups is 1. The fourth-order valence-corrected chi connectivity index (χ4v) is 4.89. The molecule has 0 bridgehead atoms. The second kappa shape index (κ2) is 9.43. The van der Waals surface area contributed by atoms with Crippen LogP contribution in [0.2, 0.25) is 0 Å². The number of rotatable bonds is 5. The molecule has 2 aromatic carbocycles. The van der Waals surface area contributed by atoms with E-state index in [2.05, 4.69) is 55.1 Å². The monoisotopic (exact) mass is 432 g/mol. The number of hydrogen-bond acceptors (Lipinski definition) is 4. The molecule has 1 aromatic heterocycles. The Labute approximate surface area is 187 Å². The lowest BCUT2D eigenvalue weighted by Crippen LogP contribution is -2.41. The van der Waals surface area contributed by atoms with E-state index in [1.807, 2.05) is 18.2 Å². The lowest BCUT2D eigenvalue weighted by Gasteiger charge is -2.32. The summed E-state index contributed by atoms with van der Waals surface area (Å²) in [6, 6.07) is 18.7. The summed E-state index contributed by atoms with van der Waals surface area (Å²) in [6.07, 6.45) is 2.40. The minimum Gasteiger partial charge on any atom is -0.369 e. The number of amidine groups is 1. The lowest BCUT2D eigenvalue weighted by molar-refractivity contribution is -0.122. The molecule has 0 atom stereocenters. The Morgan fingerprint density at radius 3 is 2.39 bits per heavy atom. The van der Waals surface area contributed by atoms with Crippen molar-refractivity contribution in [2.24, 2.45) is 16.6 Å². The van der Waals surface area contributed by atoms with Gasteiger partial charge in [0.05, 0.1) is 0 Å². The van der Waals surface area contributed by atoms with E-state index < -0.39 is 0 Å². The Bertz CT molecular complexity index is 1060. The summed E-state index contributed by atoms with van der Waals surface area (Å²) in [5, 5.41) is 1.90. The SMILES string of the molecule is CCC(=Nc1sc(-c2ccccc2)nc1-c1ccc(C)cc1)N1CCC(C(N)=O)CC1. The Morgan fingerprint density at radius 1 is 1.10 bits per heavy atom. The van der Waals surface area contributed by atoms with Gasteiger partial charge in [0.15, 0.2) is 0 Å². The van der Waals surface area contributed by atoms with Crippen molar-refractivity contribution in [1.29, 1.82) is 0 Å². The quantitative estimate of drug-likeness (QED) is 0.432. The van der Waals surface area contributed by atoms with Gasteiger partial charge in [0.1, 0.15) is 21.5 Å². The lowest BCUT2D eigenvalue weighted by atomic mass is 9.96. The summed E-state index contributed by atoms with van der Waals surface area (Å²) in [7, 11) is 0. The number of nitrogens with two attached hydrogens (primary N) is 1. The first kappa shape index (κ1) is 21.2. The van der Waals surface area contributed by atoms with Crippen molar-refractivity contribution in [1.82, 2.24) is 9.88 Å². The normalized spacial score (nSPS) is 15.3. The first-order valence-corrected chi connectivity index (χ1v) is 11.6. The number of hydrogen-bond donors (Lipinski definition) is 1. The van der Waals surface area contributed by atoms with E-state index >= 15 is 0 Å². The smallest absolute Gasteiger partial charge is 0.220 e. The molecular formula is C25H28N4OS. The molecule has 2 heterocycles. The van der Waals surface area contributed by atoms with Gasteiger partial charge in [0, 0.05) is 36.6 Å². The molecule has 160 valence electrons. The predicted octanol–water partition coefficient (Wildman–Crippen LogP) is 5.42. The zero-order valence-corrected chi connectivity index (χ0v) is 18.9. The summed E-state index contributed by atoms with van der Waals surface area (Å²) in [4.78, 5) is 23.9. The number of carbonyl (C=O) groups is 1. The van der Waals surface area contributed by atoms with Crippen LogP contribution in [0.3, 0.4) is 0 Å². The predicted molar refractivity (Wildman–Crippen MR) is 129 cm³/mol. The molecule has 0 saturated carbocycles. The van der Waals surface area contributed by atoms with E-state index in [1.54, 1.807) is 11.3 Å². The topological polar surface area (TPSA) is 71.6 Å². The van der Waals surface area contributed by atoms with Crippen LogP contribution in [0.4, 0.5) is 5.00 Å². The van der Waals surface area contributed by atoms with Gasteiger partial charge in [0.2, 0.25) is 5.91 Å². The van der Waals surface area contributed by atoms with Crippen LogP contribution in [-0.4, -0.2) is 34.7 Å². The number of aromatic nitrogens is 1. The van der Waals surface area contributed by atoms with Gasteiger partial charge in [0.25, 0.3) is 0 Å². The summed E-state index contributed by atoms with van der Waals surface area (Å²) < 4.78 is 0. The number of nitrogens with zero attached hydrogens (tertiary/aromatic N) is 3. The number of carbonyl (C=O) groups excluding carboxylic acids is 1. The Kier molecular flexibility index (Phi) is 6.47. The van der Waals surface area contributed by atoms with E-state index in [1.165, 1.54) is 5.56 Å². The van der Waals surface area contributed by atoms with Crippen molar-refractivity contribution in [2.75, 3.05) is 13.1 Å². The van der Waals surface area contributed by atoms with Crippen LogP contribution in [0.5, 0.6) is 0 Å². The highest BCUT2D eigenvalue weighted by Crippen LogP contribution is 2.40. The van der Waals surface area contributed by atoms with Crippen molar-refractivity contribution in [3.05, 3.63) is 60.2 Å². The summed E-state index contributed by atoms with van der Waals surface area (Å²) in [6.45, 7) is 5.84. The van der Waals surface area contributed by atoms with Crippen molar-refractivity contribution in [3.8, 4) is 21.8 Å². The number of amides is 1. The van der Waals surface area contributed by atoms with Crippen molar-refractivity contribution >= 4 is 28.1 Å². The molecule has 6 heteroatoms. The average Bonchev–Trinajstić information content (AvgIpc) is 3.22. The maximum absolute atomic E-state index is 11.5. The largest absolute Gasteiger partial charge is 0.369 e. The molecular weight excluding hydrogens is 404 g/mol. The average molecular weight is 433 g/mol. The molecule has 0 spiro atoms. The van der Waals surface area contributed by atoms with E-state index in [-0.39, 0.29) is 11.8 Å². The Morgan fingerprint density at radius 2 is 1.77 bits per heavy atom. The molecule has 0 radical (unpaired) electrons. The zero-order chi connectivity index (χ0) is 21.8. The van der Waals surface area contributed by atoms with Gasteiger partial charge in [-0.3, -0.25) is 4.79 Å². The van der Waals surface area contributed by atoms with Gasteiger partial charge < -0.3 is 10.6 Å². The summed E-state index contributed by atoms with van der Waals surface area (Å²) in [5.41, 5.74) is 9.82. The fourth-order valence-electron chi connectivity index (χ4n) is 3.90. The van der Waals surface area contributed by atoms with Gasteiger partial charge >= 0.3 is 0 Å². The van der Waals surface area contributed by atoms with Crippen LogP contribution in [0, 0.1) is 12.8 Å². The zero-order valence-electron chi connectivity index (χ0n) is 18.0. The number of primary amides is 1. The van der Waals surface area contributed by atoms with Crippen LogP contribution in [0.1, 0.15) is 31.7 Å². The third-order valence-corrected chi connectivity index (χ3v) is 6.76. The Hall–Kier alpha value is -2.99. The van der Waals surface area contributed by atoms with Crippen LogP contribution >= 0.6 is 11.3 Å². The van der Waals surface area contributed by atoms with Gasteiger partial charge in [-0.15, -0.1) is 0 Å². The van der Waals surface area contributed by atoms with E-state index in [0.29, 0.717) is 0 Å². The number of benzene rings is 2. The third-order valence-electron chi connectivity index (χ3n) is 5.76. The highest BCUT2D eigenvalue weighted by Gasteiger charge is 2.25. The maximum atomic E-state index is 11.5.